The van der Waals surface area contributed by atoms with E-state index in [0.29, 0.717) is 26.4 Å². The van der Waals surface area contributed by atoms with Crippen LogP contribution >= 0.6 is 27.5 Å². The summed E-state index contributed by atoms with van der Waals surface area (Å²) in [6, 6.07) is 8.83. The molecule has 0 saturated carbocycles. The molecule has 0 spiro atoms. The molecule has 1 heterocycles. The van der Waals surface area contributed by atoms with Crippen molar-refractivity contribution >= 4 is 62.4 Å². The molecule has 1 aliphatic heterocycles. The highest BCUT2D eigenvalue weighted by atomic mass is 79.9. The van der Waals surface area contributed by atoms with E-state index in [1.165, 1.54) is 29.2 Å². The molecule has 11 heteroatoms. The molecule has 2 aromatic rings. The van der Waals surface area contributed by atoms with E-state index in [4.69, 9.17) is 16.3 Å². The van der Waals surface area contributed by atoms with Crippen LogP contribution in [0.5, 0.6) is 0 Å². The van der Waals surface area contributed by atoms with Crippen LogP contribution < -0.4 is 10.2 Å². The van der Waals surface area contributed by atoms with Gasteiger partial charge in [0.1, 0.15) is 0 Å². The van der Waals surface area contributed by atoms with Crippen LogP contribution in [0.2, 0.25) is 5.02 Å². The third-order valence-electron chi connectivity index (χ3n) is 4.79. The molecule has 3 rings (SSSR count). The minimum absolute atomic E-state index is 0.0680. The Kier molecular flexibility index (Phi) is 6.91. The predicted molar refractivity (Wildman–Crippen MR) is 117 cm³/mol. The number of amides is 2. The third kappa shape index (κ3) is 5.20. The molecule has 1 saturated heterocycles. The van der Waals surface area contributed by atoms with Crippen LogP contribution in [0.3, 0.4) is 0 Å². The average Bonchev–Trinajstić information content (AvgIpc) is 3.14. The Hall–Kier alpha value is -2.98. The number of nitro benzene ring substituents is 1. The number of nitro groups is 1. The predicted octanol–water partition coefficient (Wildman–Crippen LogP) is 3.85. The topological polar surface area (TPSA) is 119 Å². The van der Waals surface area contributed by atoms with Crippen molar-refractivity contribution in [1.82, 2.24) is 0 Å². The molecular weight excluding hydrogens is 494 g/mol. The number of nitrogens with one attached hydrogen (secondary N) is 1. The van der Waals surface area contributed by atoms with Crippen molar-refractivity contribution in [3.8, 4) is 0 Å². The van der Waals surface area contributed by atoms with Gasteiger partial charge in [0.15, 0.2) is 6.61 Å². The maximum absolute atomic E-state index is 12.3. The Balaban J connectivity index is 1.55. The maximum Gasteiger partial charge on any atom is 0.311 e. The van der Waals surface area contributed by atoms with Crippen molar-refractivity contribution in [2.45, 2.75) is 13.3 Å². The Morgan fingerprint density at radius 1 is 1.29 bits per heavy atom. The van der Waals surface area contributed by atoms with Crippen molar-refractivity contribution in [3.63, 3.8) is 0 Å². The number of anilines is 2. The highest BCUT2D eigenvalue weighted by Gasteiger charge is 2.36. The number of carbonyl (C=O) groups excluding carboxylic acids is 3. The molecule has 31 heavy (non-hydrogen) atoms. The van der Waals surface area contributed by atoms with Gasteiger partial charge >= 0.3 is 5.97 Å². The van der Waals surface area contributed by atoms with Gasteiger partial charge in [0.05, 0.1) is 15.9 Å². The quantitative estimate of drug-likeness (QED) is 0.358. The lowest BCUT2D eigenvalue weighted by Crippen LogP contribution is -2.28. The second-order valence-corrected chi connectivity index (χ2v) is 8.10. The highest BCUT2D eigenvalue weighted by molar-refractivity contribution is 9.10. The van der Waals surface area contributed by atoms with Gasteiger partial charge in [-0.2, -0.15) is 0 Å². The van der Waals surface area contributed by atoms with E-state index in [9.17, 15) is 24.5 Å². The summed E-state index contributed by atoms with van der Waals surface area (Å²) in [5.41, 5.74) is 1.51. The van der Waals surface area contributed by atoms with E-state index < -0.39 is 29.3 Å². The van der Waals surface area contributed by atoms with Crippen LogP contribution in [0.15, 0.2) is 40.9 Å². The number of hydrogen-bond acceptors (Lipinski definition) is 6. The lowest BCUT2D eigenvalue weighted by Gasteiger charge is -2.16. The zero-order valence-electron chi connectivity index (χ0n) is 16.3. The lowest BCUT2D eigenvalue weighted by atomic mass is 10.1. The van der Waals surface area contributed by atoms with Crippen LogP contribution in [0.4, 0.5) is 17.1 Å². The molecule has 0 unspecified atom stereocenters. The summed E-state index contributed by atoms with van der Waals surface area (Å²) >= 11 is 9.42. The van der Waals surface area contributed by atoms with Crippen LogP contribution in [0, 0.1) is 23.0 Å². The Labute approximate surface area is 190 Å². The summed E-state index contributed by atoms with van der Waals surface area (Å²) in [6.07, 6.45) is -0.0706. The second-order valence-electron chi connectivity index (χ2n) is 6.87. The number of non-ortho nitro benzene ring substituents is 1. The number of ether oxygens (including phenoxy) is 1. The summed E-state index contributed by atoms with van der Waals surface area (Å²) in [6.45, 7) is 1.30. The van der Waals surface area contributed by atoms with Crippen LogP contribution in [0.1, 0.15) is 12.0 Å². The number of hydrogen-bond donors (Lipinski definition) is 1. The molecular formula is C20H17BrClN3O6. The summed E-state index contributed by atoms with van der Waals surface area (Å²) in [7, 11) is 0. The van der Waals surface area contributed by atoms with Crippen molar-refractivity contribution in [1.29, 1.82) is 0 Å². The van der Waals surface area contributed by atoms with Crippen molar-refractivity contribution in [3.05, 3.63) is 61.6 Å². The van der Waals surface area contributed by atoms with Gasteiger partial charge in [0.25, 0.3) is 11.6 Å². The Morgan fingerprint density at radius 2 is 1.97 bits per heavy atom. The Morgan fingerprint density at radius 3 is 2.61 bits per heavy atom. The summed E-state index contributed by atoms with van der Waals surface area (Å²) < 4.78 is 5.77. The fraction of sp³-hybridized carbons (Fsp3) is 0.250. The highest BCUT2D eigenvalue weighted by Crippen LogP contribution is 2.31. The third-order valence-corrected chi connectivity index (χ3v) is 6.17. The zero-order valence-corrected chi connectivity index (χ0v) is 18.6. The standard InChI is InChI=1S/C20H17BrClN3O6/c1-11-16(7-6-15(21)19(11)22)23-17(26)10-31-20(28)12-8-18(27)24(9-12)13-2-4-14(5-3-13)25(29)30/h2-7,12H,8-10H2,1H3,(H,23,26)/t12-/m0/s1. The molecule has 0 aliphatic carbocycles. The fourth-order valence-corrected chi connectivity index (χ4v) is 3.69. The van der Waals surface area contributed by atoms with Gasteiger partial charge in [-0.3, -0.25) is 24.5 Å². The summed E-state index contributed by atoms with van der Waals surface area (Å²) in [4.78, 5) is 48.3. The van der Waals surface area contributed by atoms with Gasteiger partial charge in [-0.05, 0) is 52.7 Å². The van der Waals surface area contributed by atoms with E-state index in [1.807, 2.05) is 0 Å². The first-order valence-electron chi connectivity index (χ1n) is 9.13. The largest absolute Gasteiger partial charge is 0.455 e. The van der Waals surface area contributed by atoms with Crippen molar-refractivity contribution in [2.75, 3.05) is 23.4 Å². The maximum atomic E-state index is 12.3. The normalized spacial score (nSPS) is 15.6. The molecule has 9 nitrogen and oxygen atoms in total. The molecule has 0 aromatic heterocycles. The minimum atomic E-state index is -0.737. The van der Waals surface area contributed by atoms with Crippen molar-refractivity contribution in [2.24, 2.45) is 5.92 Å². The molecule has 1 atom stereocenters. The van der Waals surface area contributed by atoms with Gasteiger partial charge in [-0.1, -0.05) is 11.6 Å². The number of esters is 1. The molecule has 1 aliphatic rings. The average molecular weight is 511 g/mol. The second kappa shape index (κ2) is 9.44. The smallest absolute Gasteiger partial charge is 0.311 e. The van der Waals surface area contributed by atoms with Gasteiger partial charge in [0, 0.05) is 40.9 Å². The van der Waals surface area contributed by atoms with Crippen LogP contribution in [-0.4, -0.2) is 35.9 Å². The molecule has 162 valence electrons. The van der Waals surface area contributed by atoms with E-state index in [-0.39, 0.29) is 24.6 Å². The molecule has 2 aromatic carbocycles. The number of nitrogens with zero attached hydrogens (tertiary/aromatic N) is 2. The summed E-state index contributed by atoms with van der Waals surface area (Å²) in [5, 5.41) is 13.8. The number of benzene rings is 2. The number of halogens is 2. The molecule has 0 bridgehead atoms. The first-order valence-corrected chi connectivity index (χ1v) is 10.3. The monoisotopic (exact) mass is 509 g/mol. The molecule has 1 N–H and O–H groups in total. The van der Waals surface area contributed by atoms with Crippen LogP contribution in [0.25, 0.3) is 0 Å². The first-order chi connectivity index (χ1) is 14.7. The molecule has 2 amide bonds. The summed E-state index contributed by atoms with van der Waals surface area (Å²) in [5.74, 6) is -2.25. The van der Waals surface area contributed by atoms with Gasteiger partial charge in [-0.25, -0.2) is 0 Å². The van der Waals surface area contributed by atoms with E-state index in [1.54, 1.807) is 19.1 Å². The van der Waals surface area contributed by atoms with E-state index in [2.05, 4.69) is 21.2 Å². The first kappa shape index (κ1) is 22.7. The van der Waals surface area contributed by atoms with E-state index >= 15 is 0 Å². The van der Waals surface area contributed by atoms with Gasteiger partial charge in [-0.15, -0.1) is 0 Å². The SMILES string of the molecule is Cc1c(NC(=O)COC(=O)[C@H]2CC(=O)N(c3ccc([N+](=O)[O-])cc3)C2)ccc(Br)c1Cl. The minimum Gasteiger partial charge on any atom is -0.455 e. The molecule has 0 radical (unpaired) electrons. The van der Waals surface area contributed by atoms with Gasteiger partial charge in [0.2, 0.25) is 5.91 Å². The lowest BCUT2D eigenvalue weighted by molar-refractivity contribution is -0.384. The van der Waals surface area contributed by atoms with Crippen molar-refractivity contribution < 1.29 is 24.0 Å². The van der Waals surface area contributed by atoms with Crippen LogP contribution in [-0.2, 0) is 19.1 Å². The number of rotatable bonds is 6. The Bertz CT molecular complexity index is 1060. The van der Waals surface area contributed by atoms with Gasteiger partial charge < -0.3 is 15.0 Å². The fourth-order valence-electron chi connectivity index (χ4n) is 3.10. The zero-order chi connectivity index (χ0) is 22.7. The molecule has 1 fully saturated rings. The van der Waals surface area contributed by atoms with E-state index in [0.717, 1.165) is 0 Å². The number of carbonyl (C=O) groups is 3.